The SMILES string of the molecule is Cc1ccc(CN(C)C(=O)NCC(C)(O)CC(=O)O)cc1. The van der Waals surface area contributed by atoms with Gasteiger partial charge in [0.05, 0.1) is 12.0 Å². The van der Waals surface area contributed by atoms with Crippen molar-refractivity contribution in [2.24, 2.45) is 0 Å². The van der Waals surface area contributed by atoms with Crippen LogP contribution in [-0.4, -0.2) is 46.3 Å². The van der Waals surface area contributed by atoms with Crippen LogP contribution in [0.3, 0.4) is 0 Å². The van der Waals surface area contributed by atoms with Gasteiger partial charge >= 0.3 is 12.0 Å². The van der Waals surface area contributed by atoms with Crippen LogP contribution in [0, 0.1) is 6.92 Å². The standard InChI is InChI=1S/C15H22N2O4/c1-11-4-6-12(7-5-11)9-17(3)14(20)16-10-15(2,21)8-13(18)19/h4-7,21H,8-10H2,1-3H3,(H,16,20)(H,18,19). The van der Waals surface area contributed by atoms with Gasteiger partial charge < -0.3 is 20.4 Å². The highest BCUT2D eigenvalue weighted by Gasteiger charge is 2.25. The Labute approximate surface area is 124 Å². The van der Waals surface area contributed by atoms with Crippen LogP contribution in [0.1, 0.15) is 24.5 Å². The molecule has 1 rings (SSSR count). The summed E-state index contributed by atoms with van der Waals surface area (Å²) in [5, 5.41) is 21.0. The Balaban J connectivity index is 2.47. The normalized spacial score (nSPS) is 13.3. The molecule has 116 valence electrons. The summed E-state index contributed by atoms with van der Waals surface area (Å²) in [5.41, 5.74) is 0.678. The third-order valence-electron chi connectivity index (χ3n) is 3.04. The van der Waals surface area contributed by atoms with Crippen LogP contribution in [0.2, 0.25) is 0 Å². The lowest BCUT2D eigenvalue weighted by Crippen LogP contribution is -2.46. The van der Waals surface area contributed by atoms with Gasteiger partial charge in [-0.1, -0.05) is 29.8 Å². The number of hydrogen-bond acceptors (Lipinski definition) is 3. The van der Waals surface area contributed by atoms with Gasteiger partial charge in [0, 0.05) is 20.1 Å². The largest absolute Gasteiger partial charge is 0.481 e. The van der Waals surface area contributed by atoms with Gasteiger partial charge in [-0.2, -0.15) is 0 Å². The highest BCUT2D eigenvalue weighted by molar-refractivity contribution is 5.74. The predicted molar refractivity (Wildman–Crippen MR) is 78.9 cm³/mol. The number of nitrogens with zero attached hydrogens (tertiary/aromatic N) is 1. The molecule has 21 heavy (non-hydrogen) atoms. The van der Waals surface area contributed by atoms with E-state index in [-0.39, 0.29) is 12.6 Å². The molecule has 0 aliphatic heterocycles. The van der Waals surface area contributed by atoms with Crippen LogP contribution in [0.4, 0.5) is 4.79 Å². The molecule has 1 atom stereocenters. The van der Waals surface area contributed by atoms with Crippen LogP contribution in [0.15, 0.2) is 24.3 Å². The van der Waals surface area contributed by atoms with E-state index >= 15 is 0 Å². The molecule has 1 aromatic rings. The quantitative estimate of drug-likeness (QED) is 0.739. The molecule has 0 fully saturated rings. The third-order valence-corrected chi connectivity index (χ3v) is 3.04. The minimum absolute atomic E-state index is 0.115. The number of nitrogens with one attached hydrogen (secondary N) is 1. The van der Waals surface area contributed by atoms with E-state index in [2.05, 4.69) is 5.32 Å². The van der Waals surface area contributed by atoms with Gasteiger partial charge in [0.15, 0.2) is 0 Å². The second-order valence-corrected chi connectivity index (χ2v) is 5.57. The van der Waals surface area contributed by atoms with Crippen molar-refractivity contribution >= 4 is 12.0 Å². The van der Waals surface area contributed by atoms with E-state index in [4.69, 9.17) is 5.11 Å². The van der Waals surface area contributed by atoms with Crippen molar-refractivity contribution in [3.8, 4) is 0 Å². The maximum Gasteiger partial charge on any atom is 0.317 e. The summed E-state index contributed by atoms with van der Waals surface area (Å²) in [7, 11) is 1.64. The van der Waals surface area contributed by atoms with E-state index < -0.39 is 18.0 Å². The number of rotatable bonds is 6. The molecule has 6 nitrogen and oxygen atoms in total. The number of carboxylic acid groups (broad SMARTS) is 1. The second kappa shape index (κ2) is 7.08. The van der Waals surface area contributed by atoms with Crippen molar-refractivity contribution in [1.82, 2.24) is 10.2 Å². The lowest BCUT2D eigenvalue weighted by atomic mass is 10.0. The molecule has 3 N–H and O–H groups in total. The Bertz CT molecular complexity index is 497. The number of carbonyl (C=O) groups is 2. The zero-order valence-corrected chi connectivity index (χ0v) is 12.6. The van der Waals surface area contributed by atoms with Gasteiger partial charge in [-0.3, -0.25) is 4.79 Å². The minimum Gasteiger partial charge on any atom is -0.481 e. The maximum atomic E-state index is 11.9. The zero-order chi connectivity index (χ0) is 16.0. The van der Waals surface area contributed by atoms with E-state index in [1.807, 2.05) is 31.2 Å². The van der Waals surface area contributed by atoms with Crippen LogP contribution in [0.25, 0.3) is 0 Å². The molecule has 0 radical (unpaired) electrons. The van der Waals surface area contributed by atoms with Crippen LogP contribution in [-0.2, 0) is 11.3 Å². The fraction of sp³-hybridized carbons (Fsp3) is 0.467. The van der Waals surface area contributed by atoms with Gasteiger partial charge in [0.1, 0.15) is 0 Å². The topological polar surface area (TPSA) is 89.9 Å². The molecule has 0 heterocycles. The Hall–Kier alpha value is -2.08. The highest BCUT2D eigenvalue weighted by Crippen LogP contribution is 2.09. The molecule has 6 heteroatoms. The fourth-order valence-electron chi connectivity index (χ4n) is 1.83. The highest BCUT2D eigenvalue weighted by atomic mass is 16.4. The van der Waals surface area contributed by atoms with Crippen LogP contribution < -0.4 is 5.32 Å². The van der Waals surface area contributed by atoms with Crippen molar-refractivity contribution < 1.29 is 19.8 Å². The summed E-state index contributed by atoms with van der Waals surface area (Å²) in [6.07, 6.45) is -0.422. The first-order chi connectivity index (χ1) is 9.69. The number of hydrogen-bond donors (Lipinski definition) is 3. The first-order valence-electron chi connectivity index (χ1n) is 6.68. The molecule has 0 spiro atoms. The van der Waals surface area contributed by atoms with Crippen molar-refractivity contribution in [2.45, 2.75) is 32.4 Å². The molecule has 0 saturated carbocycles. The number of urea groups is 1. The van der Waals surface area contributed by atoms with Crippen molar-refractivity contribution in [1.29, 1.82) is 0 Å². The summed E-state index contributed by atoms with van der Waals surface area (Å²) < 4.78 is 0. The van der Waals surface area contributed by atoms with E-state index in [0.717, 1.165) is 11.1 Å². The molecule has 1 aromatic carbocycles. The Kier molecular flexibility index (Phi) is 5.72. The average Bonchev–Trinajstić information content (AvgIpc) is 2.37. The Morgan fingerprint density at radius 3 is 2.38 bits per heavy atom. The summed E-state index contributed by atoms with van der Waals surface area (Å²) in [6.45, 7) is 3.69. The van der Waals surface area contributed by atoms with Gasteiger partial charge in [-0.25, -0.2) is 4.79 Å². The van der Waals surface area contributed by atoms with Crippen LogP contribution >= 0.6 is 0 Å². The number of aliphatic carboxylic acids is 1. The number of carboxylic acids is 1. The van der Waals surface area contributed by atoms with E-state index in [0.29, 0.717) is 6.54 Å². The van der Waals surface area contributed by atoms with E-state index in [9.17, 15) is 14.7 Å². The lowest BCUT2D eigenvalue weighted by Gasteiger charge is -2.24. The molecule has 0 aliphatic carbocycles. The first kappa shape index (κ1) is 17.0. The summed E-state index contributed by atoms with van der Waals surface area (Å²) >= 11 is 0. The Morgan fingerprint density at radius 2 is 1.86 bits per heavy atom. The van der Waals surface area contributed by atoms with Gasteiger partial charge in [0.2, 0.25) is 0 Å². The molecular formula is C15H22N2O4. The van der Waals surface area contributed by atoms with Gasteiger partial charge in [0.25, 0.3) is 0 Å². The first-order valence-corrected chi connectivity index (χ1v) is 6.68. The summed E-state index contributed by atoms with van der Waals surface area (Å²) in [5.74, 6) is -1.11. The number of aryl methyl sites for hydroxylation is 1. The molecule has 0 bridgehead atoms. The molecule has 2 amide bonds. The third kappa shape index (κ3) is 6.27. The Morgan fingerprint density at radius 1 is 1.29 bits per heavy atom. The van der Waals surface area contributed by atoms with Crippen molar-refractivity contribution in [3.63, 3.8) is 0 Å². The average molecular weight is 294 g/mol. The number of benzene rings is 1. The molecular weight excluding hydrogens is 272 g/mol. The van der Waals surface area contributed by atoms with Crippen molar-refractivity contribution in [2.75, 3.05) is 13.6 Å². The monoisotopic (exact) mass is 294 g/mol. The van der Waals surface area contributed by atoms with Crippen molar-refractivity contribution in [3.05, 3.63) is 35.4 Å². The van der Waals surface area contributed by atoms with E-state index in [1.54, 1.807) is 7.05 Å². The molecule has 0 aliphatic rings. The summed E-state index contributed by atoms with van der Waals surface area (Å²) in [6, 6.07) is 7.47. The van der Waals surface area contributed by atoms with E-state index in [1.165, 1.54) is 11.8 Å². The number of aliphatic hydroxyl groups is 1. The summed E-state index contributed by atoms with van der Waals surface area (Å²) in [4.78, 5) is 24.0. The molecule has 0 aromatic heterocycles. The molecule has 1 unspecified atom stereocenters. The number of carbonyl (C=O) groups excluding carboxylic acids is 1. The molecule has 0 saturated heterocycles. The van der Waals surface area contributed by atoms with Crippen LogP contribution in [0.5, 0.6) is 0 Å². The minimum atomic E-state index is -1.47. The number of amides is 2. The second-order valence-electron chi connectivity index (χ2n) is 5.57. The fourth-order valence-corrected chi connectivity index (χ4v) is 1.83. The lowest BCUT2D eigenvalue weighted by molar-refractivity contribution is -0.141. The smallest absolute Gasteiger partial charge is 0.317 e. The van der Waals surface area contributed by atoms with Gasteiger partial charge in [-0.15, -0.1) is 0 Å². The zero-order valence-electron chi connectivity index (χ0n) is 12.6. The van der Waals surface area contributed by atoms with Gasteiger partial charge in [-0.05, 0) is 19.4 Å². The maximum absolute atomic E-state index is 11.9. The predicted octanol–water partition coefficient (Wildman–Crippen LogP) is 1.36.